The van der Waals surface area contributed by atoms with Crippen LogP contribution in [0.4, 0.5) is 0 Å². The van der Waals surface area contributed by atoms with Gasteiger partial charge in [0, 0.05) is 39.5 Å². The fraction of sp³-hybridized carbons (Fsp3) is 0.355. The molecule has 2 amide bonds. The summed E-state index contributed by atoms with van der Waals surface area (Å²) in [6, 6.07) is 22.1. The summed E-state index contributed by atoms with van der Waals surface area (Å²) in [6.07, 6.45) is 2.42. The zero-order valence-corrected chi connectivity index (χ0v) is 25.8. The Morgan fingerprint density at radius 1 is 0.878 bits per heavy atom. The van der Waals surface area contributed by atoms with Crippen molar-refractivity contribution in [3.05, 3.63) is 100 Å². The Hall–Kier alpha value is -2.91. The molecule has 0 saturated heterocycles. The molecule has 0 aliphatic rings. The first-order valence-electron chi connectivity index (χ1n) is 13.7. The summed E-state index contributed by atoms with van der Waals surface area (Å²) in [7, 11) is -2.18. The molecule has 0 spiro atoms. The first-order chi connectivity index (χ1) is 19.6. The normalized spacial score (nSPS) is 12.2. The molecule has 3 aromatic carbocycles. The van der Waals surface area contributed by atoms with Crippen molar-refractivity contribution in [2.75, 3.05) is 20.1 Å². The number of sulfonamides is 1. The van der Waals surface area contributed by atoms with Gasteiger partial charge in [0.25, 0.3) is 0 Å². The summed E-state index contributed by atoms with van der Waals surface area (Å²) in [5, 5.41) is 3.75. The Labute approximate surface area is 253 Å². The van der Waals surface area contributed by atoms with Crippen molar-refractivity contribution in [3.63, 3.8) is 0 Å². The number of hydrogen-bond donors (Lipinski definition) is 1. The monoisotopic (exact) mass is 617 g/mol. The number of rotatable bonds is 15. The van der Waals surface area contributed by atoms with Crippen LogP contribution in [0.3, 0.4) is 0 Å². The molecule has 0 unspecified atom stereocenters. The first kappa shape index (κ1) is 32.6. The van der Waals surface area contributed by atoms with E-state index in [-0.39, 0.29) is 42.6 Å². The van der Waals surface area contributed by atoms with Crippen LogP contribution in [0.15, 0.2) is 83.8 Å². The van der Waals surface area contributed by atoms with E-state index in [2.05, 4.69) is 5.32 Å². The zero-order chi connectivity index (χ0) is 29.8. The van der Waals surface area contributed by atoms with Crippen molar-refractivity contribution < 1.29 is 18.0 Å². The van der Waals surface area contributed by atoms with Crippen LogP contribution in [0.2, 0.25) is 10.0 Å². The zero-order valence-electron chi connectivity index (χ0n) is 23.4. The lowest BCUT2D eigenvalue weighted by atomic mass is 10.0. The summed E-state index contributed by atoms with van der Waals surface area (Å²) in [6.45, 7) is 2.85. The van der Waals surface area contributed by atoms with E-state index in [1.54, 1.807) is 53.4 Å². The van der Waals surface area contributed by atoms with E-state index >= 15 is 0 Å². The Balaban J connectivity index is 1.83. The summed E-state index contributed by atoms with van der Waals surface area (Å²) < 4.78 is 27.1. The molecule has 3 rings (SSSR count). The molecule has 0 saturated carbocycles. The van der Waals surface area contributed by atoms with E-state index in [0.717, 1.165) is 24.0 Å². The second-order valence-corrected chi connectivity index (χ2v) is 12.7. The second kappa shape index (κ2) is 15.9. The molecular weight excluding hydrogens is 581 g/mol. The lowest BCUT2D eigenvalue weighted by Crippen LogP contribution is -2.50. The second-order valence-electron chi connectivity index (χ2n) is 9.86. The maximum absolute atomic E-state index is 13.8. The largest absolute Gasteiger partial charge is 0.354 e. The summed E-state index contributed by atoms with van der Waals surface area (Å²) in [5.74, 6) is -0.493. The highest BCUT2D eigenvalue weighted by Gasteiger charge is 2.30. The maximum Gasteiger partial charge on any atom is 0.243 e. The molecule has 0 bridgehead atoms. The van der Waals surface area contributed by atoms with Gasteiger partial charge in [0.15, 0.2) is 0 Å². The Kier molecular flexibility index (Phi) is 12.7. The quantitative estimate of drug-likeness (QED) is 0.213. The number of hydrogen-bond acceptors (Lipinski definition) is 4. The van der Waals surface area contributed by atoms with Gasteiger partial charge in [0.05, 0.1) is 14.9 Å². The number of amides is 2. The highest BCUT2D eigenvalue weighted by molar-refractivity contribution is 7.89. The Bertz CT molecular complexity index is 1390. The minimum absolute atomic E-state index is 0.0590. The molecule has 0 aromatic heterocycles. The number of nitrogens with one attached hydrogen (secondary N) is 1. The van der Waals surface area contributed by atoms with E-state index < -0.39 is 16.1 Å². The van der Waals surface area contributed by atoms with Crippen molar-refractivity contribution in [1.82, 2.24) is 14.5 Å². The van der Waals surface area contributed by atoms with Crippen LogP contribution in [0.25, 0.3) is 0 Å². The summed E-state index contributed by atoms with van der Waals surface area (Å²) in [4.78, 5) is 29.1. The van der Waals surface area contributed by atoms with Crippen LogP contribution in [0, 0.1) is 0 Å². The molecule has 3 aromatic rings. The topological polar surface area (TPSA) is 86.8 Å². The van der Waals surface area contributed by atoms with Crippen LogP contribution in [0.1, 0.15) is 43.7 Å². The van der Waals surface area contributed by atoms with E-state index in [4.69, 9.17) is 23.2 Å². The van der Waals surface area contributed by atoms with Gasteiger partial charge in [-0.05, 0) is 48.2 Å². The third-order valence-corrected chi connectivity index (χ3v) is 9.36. The lowest BCUT2D eigenvalue weighted by molar-refractivity contribution is -0.141. The molecule has 0 fully saturated rings. The highest BCUT2D eigenvalue weighted by Crippen LogP contribution is 2.25. The Morgan fingerprint density at radius 2 is 1.54 bits per heavy atom. The van der Waals surface area contributed by atoms with Gasteiger partial charge < -0.3 is 10.2 Å². The van der Waals surface area contributed by atoms with E-state index in [1.165, 1.54) is 11.4 Å². The smallest absolute Gasteiger partial charge is 0.243 e. The van der Waals surface area contributed by atoms with Crippen molar-refractivity contribution in [2.45, 2.75) is 56.5 Å². The average Bonchev–Trinajstić information content (AvgIpc) is 2.97. The summed E-state index contributed by atoms with van der Waals surface area (Å²) >= 11 is 12.4. The predicted octanol–water partition coefficient (Wildman–Crippen LogP) is 5.95. The van der Waals surface area contributed by atoms with Crippen LogP contribution in [-0.2, 0) is 32.6 Å². The number of carbonyl (C=O) groups is 2. The van der Waals surface area contributed by atoms with Crippen LogP contribution in [-0.4, -0.2) is 55.6 Å². The van der Waals surface area contributed by atoms with E-state index in [0.29, 0.717) is 23.0 Å². The Morgan fingerprint density at radius 3 is 2.17 bits per heavy atom. The number of carbonyl (C=O) groups excluding carboxylic acids is 2. The van der Waals surface area contributed by atoms with Crippen molar-refractivity contribution >= 4 is 45.0 Å². The number of benzene rings is 3. The van der Waals surface area contributed by atoms with E-state index in [9.17, 15) is 18.0 Å². The standard InChI is InChI=1S/C31H37Cl2N3O4S/c1-3-4-19-34-31(38)29(22-24-12-7-5-8-13-24)36(23-25-17-18-27(32)28(33)21-25)30(37)16-11-20-35(2)41(39,40)26-14-9-6-10-15-26/h5-10,12-15,17-18,21,29H,3-4,11,16,19-20,22-23H2,1-2H3,(H,34,38)/t29-/m1/s1. The molecule has 7 nitrogen and oxygen atoms in total. The van der Waals surface area contributed by atoms with Gasteiger partial charge in [-0.15, -0.1) is 0 Å². The lowest BCUT2D eigenvalue weighted by Gasteiger charge is -2.32. The SMILES string of the molecule is CCCCNC(=O)[C@@H](Cc1ccccc1)N(Cc1ccc(Cl)c(Cl)c1)C(=O)CCCN(C)S(=O)(=O)c1ccccc1. The molecule has 0 radical (unpaired) electrons. The number of halogens is 2. The number of unbranched alkanes of at least 4 members (excludes halogenated alkanes) is 1. The third kappa shape index (κ3) is 9.57. The van der Waals surface area contributed by atoms with Crippen LogP contribution in [0.5, 0.6) is 0 Å². The minimum atomic E-state index is -3.68. The maximum atomic E-state index is 13.8. The van der Waals surface area contributed by atoms with Gasteiger partial charge in [-0.3, -0.25) is 9.59 Å². The van der Waals surface area contributed by atoms with Crippen molar-refractivity contribution in [1.29, 1.82) is 0 Å². The predicted molar refractivity (Wildman–Crippen MR) is 164 cm³/mol. The highest BCUT2D eigenvalue weighted by atomic mass is 35.5. The third-order valence-electron chi connectivity index (χ3n) is 6.75. The molecule has 10 heteroatoms. The molecule has 0 aliphatic carbocycles. The molecule has 220 valence electrons. The van der Waals surface area contributed by atoms with Gasteiger partial charge >= 0.3 is 0 Å². The average molecular weight is 619 g/mol. The van der Waals surface area contributed by atoms with Gasteiger partial charge in [0.2, 0.25) is 21.8 Å². The van der Waals surface area contributed by atoms with Gasteiger partial charge in [-0.2, -0.15) is 0 Å². The molecule has 1 atom stereocenters. The van der Waals surface area contributed by atoms with Crippen molar-refractivity contribution in [3.8, 4) is 0 Å². The van der Waals surface area contributed by atoms with Crippen LogP contribution >= 0.6 is 23.2 Å². The van der Waals surface area contributed by atoms with Gasteiger partial charge in [-0.25, -0.2) is 12.7 Å². The van der Waals surface area contributed by atoms with Gasteiger partial charge in [-0.1, -0.05) is 91.1 Å². The molecule has 0 heterocycles. The molecule has 0 aliphatic heterocycles. The van der Waals surface area contributed by atoms with Crippen LogP contribution < -0.4 is 5.32 Å². The minimum Gasteiger partial charge on any atom is -0.354 e. The van der Waals surface area contributed by atoms with Gasteiger partial charge in [0.1, 0.15) is 6.04 Å². The van der Waals surface area contributed by atoms with Crippen molar-refractivity contribution in [2.24, 2.45) is 0 Å². The van der Waals surface area contributed by atoms with E-state index in [1.807, 2.05) is 37.3 Å². The molecule has 41 heavy (non-hydrogen) atoms. The fourth-order valence-corrected chi connectivity index (χ4v) is 5.94. The molecular formula is C31H37Cl2N3O4S. The first-order valence-corrected chi connectivity index (χ1v) is 15.9. The summed E-state index contributed by atoms with van der Waals surface area (Å²) in [5.41, 5.74) is 1.65. The number of nitrogens with zero attached hydrogens (tertiary/aromatic N) is 2. The fourth-order valence-electron chi connectivity index (χ4n) is 4.38. The molecule has 1 N–H and O–H groups in total.